The van der Waals surface area contributed by atoms with Crippen molar-refractivity contribution in [2.45, 2.75) is 63.1 Å². The number of carbonyl (C=O) groups is 2. The first-order valence-electron chi connectivity index (χ1n) is 19.7. The van der Waals surface area contributed by atoms with E-state index in [1.807, 2.05) is 85.2 Å². The van der Waals surface area contributed by atoms with Gasteiger partial charge in [-0.3, -0.25) is 14.6 Å². The molecule has 0 radical (unpaired) electrons. The lowest BCUT2D eigenvalue weighted by atomic mass is 9.90. The first-order chi connectivity index (χ1) is 28.6. The van der Waals surface area contributed by atoms with E-state index < -0.39 is 17.2 Å². The number of rotatable bonds is 11. The number of aromatic nitrogens is 6. The van der Waals surface area contributed by atoms with E-state index in [4.69, 9.17) is 10.8 Å². The predicted molar refractivity (Wildman–Crippen MR) is 222 cm³/mol. The molecule has 0 spiro atoms. The molecule has 6 N–H and O–H groups in total. The monoisotopic (exact) mass is 800 g/mol. The number of pyridine rings is 2. The van der Waals surface area contributed by atoms with Crippen LogP contribution in [0.3, 0.4) is 0 Å². The van der Waals surface area contributed by atoms with Crippen LogP contribution in [-0.2, 0) is 35.8 Å². The van der Waals surface area contributed by atoms with Crippen LogP contribution in [0.25, 0.3) is 11.6 Å². The molecule has 2 saturated heterocycles. The number of nitrogens with zero attached hydrogens (tertiary/aromatic N) is 8. The third-order valence-electron chi connectivity index (χ3n) is 10.5. The molecule has 15 nitrogen and oxygen atoms in total. The third-order valence-corrected chi connectivity index (χ3v) is 10.5. The average Bonchev–Trinajstić information content (AvgIpc) is 4.03. The Labute approximate surface area is 343 Å². The number of nitrogens with two attached hydrogens (primary N) is 1. The maximum absolute atomic E-state index is 12.6. The van der Waals surface area contributed by atoms with Crippen LogP contribution < -0.4 is 11.1 Å². The number of aliphatic hydroxyl groups is 2. The van der Waals surface area contributed by atoms with Crippen LogP contribution in [0.2, 0.25) is 0 Å². The number of nitrogens with one attached hydrogen (secondary N) is 1. The van der Waals surface area contributed by atoms with Gasteiger partial charge >= 0.3 is 5.97 Å². The minimum Gasteiger partial charge on any atom is -0.479 e. The minimum atomic E-state index is -1.52. The number of benzene rings is 2. The van der Waals surface area contributed by atoms with Crippen molar-refractivity contribution in [1.82, 2.24) is 44.6 Å². The van der Waals surface area contributed by atoms with Crippen LogP contribution in [0.5, 0.6) is 0 Å². The number of amides is 1. The first kappa shape index (κ1) is 42.5. The quantitative estimate of drug-likeness (QED) is 0.127. The maximum atomic E-state index is 12.6. The number of carbonyl (C=O) groups excluding carboxylic acids is 1. The fourth-order valence-electron chi connectivity index (χ4n) is 6.77. The smallest absolute Gasteiger partial charge is 0.335 e. The van der Waals surface area contributed by atoms with Gasteiger partial charge in [-0.25, -0.2) is 24.1 Å². The molecule has 0 saturated carbocycles. The summed E-state index contributed by atoms with van der Waals surface area (Å²) in [6, 6.07) is 31.6. The Morgan fingerprint density at radius 3 is 1.46 bits per heavy atom. The van der Waals surface area contributed by atoms with E-state index in [1.165, 1.54) is 11.1 Å². The van der Waals surface area contributed by atoms with Gasteiger partial charge in [0.1, 0.15) is 5.60 Å². The zero-order valence-corrected chi connectivity index (χ0v) is 33.0. The molecular weight excluding hydrogens is 749 g/mol. The Balaban J connectivity index is 0.000000165. The van der Waals surface area contributed by atoms with Crippen molar-refractivity contribution in [2.24, 2.45) is 5.73 Å². The molecule has 0 bridgehead atoms. The highest BCUT2D eigenvalue weighted by molar-refractivity contribution is 5.85. The molecule has 0 atom stereocenters. The molecule has 0 unspecified atom stereocenters. The van der Waals surface area contributed by atoms with Crippen LogP contribution in [-0.4, -0.2) is 104 Å². The van der Waals surface area contributed by atoms with E-state index in [0.717, 1.165) is 35.9 Å². The second-order valence-corrected chi connectivity index (χ2v) is 14.7. The highest BCUT2D eigenvalue weighted by Crippen LogP contribution is 2.25. The van der Waals surface area contributed by atoms with Gasteiger partial charge < -0.3 is 26.4 Å². The summed E-state index contributed by atoms with van der Waals surface area (Å²) < 4.78 is 3.38. The maximum Gasteiger partial charge on any atom is 0.335 e. The highest BCUT2D eigenvalue weighted by Gasteiger charge is 2.40. The van der Waals surface area contributed by atoms with Crippen LogP contribution in [0, 0.1) is 0 Å². The molecule has 4 aromatic heterocycles. The second kappa shape index (κ2) is 20.5. The molecule has 308 valence electrons. The molecule has 2 aromatic carbocycles. The highest BCUT2D eigenvalue weighted by atomic mass is 16.4. The molecule has 8 rings (SSSR count). The van der Waals surface area contributed by atoms with Crippen molar-refractivity contribution in [3.05, 3.63) is 156 Å². The second-order valence-electron chi connectivity index (χ2n) is 14.7. The summed E-state index contributed by atoms with van der Waals surface area (Å²) in [6.07, 6.45) is 12.0. The van der Waals surface area contributed by atoms with Crippen molar-refractivity contribution < 1.29 is 24.9 Å². The summed E-state index contributed by atoms with van der Waals surface area (Å²) in [4.78, 5) is 36.5. The van der Waals surface area contributed by atoms with Crippen molar-refractivity contribution in [3.8, 4) is 11.6 Å². The van der Waals surface area contributed by atoms with E-state index in [2.05, 4.69) is 59.5 Å². The fourth-order valence-corrected chi connectivity index (χ4v) is 6.77. The summed E-state index contributed by atoms with van der Waals surface area (Å²) in [5, 5.41) is 40.6. The molecule has 0 aliphatic carbocycles. The van der Waals surface area contributed by atoms with E-state index in [1.54, 1.807) is 34.2 Å². The van der Waals surface area contributed by atoms with Crippen LogP contribution in [0.15, 0.2) is 134 Å². The van der Waals surface area contributed by atoms with Crippen LogP contribution >= 0.6 is 0 Å². The molecule has 2 aliphatic heterocycles. The number of hydrogen-bond acceptors (Lipinski definition) is 11. The van der Waals surface area contributed by atoms with Crippen LogP contribution in [0.1, 0.15) is 47.9 Å². The van der Waals surface area contributed by atoms with Gasteiger partial charge in [-0.15, -0.1) is 0 Å². The molecule has 1 amide bonds. The summed E-state index contributed by atoms with van der Waals surface area (Å²) in [5.74, 6) is 0.113. The van der Waals surface area contributed by atoms with Gasteiger partial charge in [0, 0.05) is 89.5 Å². The minimum absolute atomic E-state index is 0.301. The van der Waals surface area contributed by atoms with Gasteiger partial charge in [-0.1, -0.05) is 72.8 Å². The van der Waals surface area contributed by atoms with Gasteiger partial charge in [-0.05, 0) is 72.2 Å². The van der Waals surface area contributed by atoms with Crippen molar-refractivity contribution in [3.63, 3.8) is 0 Å². The van der Waals surface area contributed by atoms with E-state index in [-0.39, 0.29) is 5.91 Å². The first-order valence-corrected chi connectivity index (χ1v) is 19.7. The SMILES string of the molecule is NCc1ccc(-n2cccn2)nc1.O=C(NCc1ccc(-n2cccn2)nc1)C1(O)CCN(Cc2ccccc2)CC1.O=C(O)C1(O)CCN(Cc2ccccc2)CC1. The zero-order chi connectivity index (χ0) is 41.5. The summed E-state index contributed by atoms with van der Waals surface area (Å²) in [5.41, 5.74) is 6.98. The van der Waals surface area contributed by atoms with Gasteiger partial charge in [0.2, 0.25) is 0 Å². The number of aliphatic carboxylic acids is 1. The Kier molecular flexibility index (Phi) is 14.8. The normalized spacial score (nSPS) is 16.1. The van der Waals surface area contributed by atoms with Crippen LogP contribution in [0.4, 0.5) is 0 Å². The Morgan fingerprint density at radius 1 is 0.610 bits per heavy atom. The largest absolute Gasteiger partial charge is 0.479 e. The molecule has 6 heterocycles. The zero-order valence-electron chi connectivity index (χ0n) is 33.0. The molecule has 6 aromatic rings. The predicted octanol–water partition coefficient (Wildman–Crippen LogP) is 3.73. The number of carboxylic acids is 1. The van der Waals surface area contributed by atoms with E-state index in [0.29, 0.717) is 65.0 Å². The van der Waals surface area contributed by atoms with E-state index in [9.17, 15) is 19.8 Å². The summed E-state index contributed by atoms with van der Waals surface area (Å²) >= 11 is 0. The average molecular weight is 801 g/mol. The Bertz CT molecular complexity index is 2140. The van der Waals surface area contributed by atoms with Crippen molar-refractivity contribution in [1.29, 1.82) is 0 Å². The molecular formula is C44H52N10O5. The fraction of sp³-hybridized carbons (Fsp3) is 0.318. The lowest BCUT2D eigenvalue weighted by Gasteiger charge is -2.37. The molecule has 15 heteroatoms. The van der Waals surface area contributed by atoms with Gasteiger partial charge in [0.15, 0.2) is 17.2 Å². The van der Waals surface area contributed by atoms with Crippen molar-refractivity contribution >= 4 is 11.9 Å². The number of piperidine rings is 2. The topological polar surface area (TPSA) is 201 Å². The molecule has 59 heavy (non-hydrogen) atoms. The molecule has 2 aliphatic rings. The van der Waals surface area contributed by atoms with Gasteiger partial charge in [-0.2, -0.15) is 10.2 Å². The summed E-state index contributed by atoms with van der Waals surface area (Å²) in [7, 11) is 0. The number of hydrogen-bond donors (Lipinski definition) is 5. The Morgan fingerprint density at radius 2 is 1.07 bits per heavy atom. The third kappa shape index (κ3) is 12.2. The van der Waals surface area contributed by atoms with E-state index >= 15 is 0 Å². The summed E-state index contributed by atoms with van der Waals surface area (Å²) in [6.45, 7) is 5.14. The number of carboxylic acid groups (broad SMARTS) is 1. The number of likely N-dealkylation sites (tertiary alicyclic amines) is 2. The van der Waals surface area contributed by atoms with Gasteiger partial charge in [0.25, 0.3) is 5.91 Å². The van der Waals surface area contributed by atoms with Gasteiger partial charge in [0.05, 0.1) is 0 Å². The standard InChI is InChI=1S/C22H25N5O2.C13H17NO3.C9H10N4/c28-21(24-16-19-7-8-20(23-15-19)27-12-4-11-25-27)22(29)9-13-26(14-10-22)17-18-5-2-1-3-6-18;15-12(16)13(17)6-8-14(9-7-13)10-11-4-2-1-3-5-11;10-6-8-2-3-9(11-7-8)13-5-1-4-12-13/h1-8,11-12,15,29H,9-10,13-14,16-17H2,(H,24,28);1-5,17H,6-10H2,(H,15,16);1-5,7H,6,10H2. The molecule has 2 fully saturated rings. The lowest BCUT2D eigenvalue weighted by Crippen LogP contribution is -2.53. The van der Waals surface area contributed by atoms with Crippen molar-refractivity contribution in [2.75, 3.05) is 26.2 Å². The Hall–Kier alpha value is -6.10. The lowest BCUT2D eigenvalue weighted by molar-refractivity contribution is -0.163.